The zero-order valence-electron chi connectivity index (χ0n) is 17.2. The van der Waals surface area contributed by atoms with Gasteiger partial charge in [0.05, 0.1) is 16.8 Å². The van der Waals surface area contributed by atoms with E-state index in [-0.39, 0.29) is 11.9 Å². The second-order valence-electron chi connectivity index (χ2n) is 9.04. The molecule has 0 unspecified atom stereocenters. The van der Waals surface area contributed by atoms with Crippen LogP contribution in [0.4, 0.5) is 0 Å². The fourth-order valence-electron chi connectivity index (χ4n) is 5.61. The van der Waals surface area contributed by atoms with Crippen LogP contribution < -0.4 is 5.32 Å². The van der Waals surface area contributed by atoms with Crippen molar-refractivity contribution in [2.45, 2.75) is 45.6 Å². The third-order valence-corrected chi connectivity index (χ3v) is 7.07. The highest BCUT2D eigenvalue weighted by Gasteiger charge is 2.42. The van der Waals surface area contributed by atoms with Gasteiger partial charge in [-0.1, -0.05) is 48.4 Å². The van der Waals surface area contributed by atoms with E-state index in [1.54, 1.807) is 0 Å². The van der Waals surface area contributed by atoms with Crippen LogP contribution in [-0.4, -0.2) is 16.9 Å². The quantitative estimate of drug-likeness (QED) is 0.621. The Morgan fingerprint density at radius 1 is 1.07 bits per heavy atom. The van der Waals surface area contributed by atoms with E-state index in [2.05, 4.69) is 37.4 Å². The number of pyridine rings is 1. The van der Waals surface area contributed by atoms with Crippen molar-refractivity contribution in [2.24, 2.45) is 17.8 Å². The minimum Gasteiger partial charge on any atom is -0.349 e. The molecule has 1 N–H and O–H groups in total. The van der Waals surface area contributed by atoms with Crippen molar-refractivity contribution in [2.75, 3.05) is 0 Å². The van der Waals surface area contributed by atoms with Crippen LogP contribution in [0.5, 0.6) is 0 Å². The summed E-state index contributed by atoms with van der Waals surface area (Å²) in [4.78, 5) is 18.2. The number of para-hydroxylation sites is 1. The Hall–Kier alpha value is -2.68. The van der Waals surface area contributed by atoms with Crippen LogP contribution >= 0.6 is 0 Å². The maximum atomic E-state index is 13.3. The molecule has 1 amide bonds. The first-order valence-electron chi connectivity index (χ1n) is 10.9. The van der Waals surface area contributed by atoms with Gasteiger partial charge in [-0.2, -0.15) is 0 Å². The number of hydrogen-bond acceptors (Lipinski definition) is 2. The lowest BCUT2D eigenvalue weighted by Gasteiger charge is -2.28. The van der Waals surface area contributed by atoms with Gasteiger partial charge in [-0.3, -0.25) is 4.79 Å². The predicted molar refractivity (Wildman–Crippen MR) is 118 cm³/mol. The Balaban J connectivity index is 1.48. The van der Waals surface area contributed by atoms with E-state index >= 15 is 0 Å². The third kappa shape index (κ3) is 3.43. The molecule has 2 saturated carbocycles. The second-order valence-corrected chi connectivity index (χ2v) is 9.04. The molecule has 3 heteroatoms. The molecule has 1 aromatic heterocycles. The fraction of sp³-hybridized carbons (Fsp3) is 0.385. The number of aromatic nitrogens is 1. The van der Waals surface area contributed by atoms with Gasteiger partial charge in [0.25, 0.3) is 5.91 Å². The Kier molecular flexibility index (Phi) is 4.61. The van der Waals surface area contributed by atoms with Gasteiger partial charge in [-0.05, 0) is 69.1 Å². The lowest BCUT2D eigenvalue weighted by Crippen LogP contribution is -2.40. The summed E-state index contributed by atoms with van der Waals surface area (Å²) in [5.41, 5.74) is 4.68. The molecule has 0 radical (unpaired) electrons. The first kappa shape index (κ1) is 18.4. The molecule has 0 aliphatic heterocycles. The largest absolute Gasteiger partial charge is 0.349 e. The number of nitrogens with one attached hydrogen (secondary N) is 1. The molecular weight excluding hydrogens is 356 g/mol. The first-order valence-corrected chi connectivity index (χ1v) is 10.9. The highest BCUT2D eigenvalue weighted by Crippen LogP contribution is 2.49. The van der Waals surface area contributed by atoms with Crippen molar-refractivity contribution in [3.8, 4) is 11.3 Å². The van der Waals surface area contributed by atoms with E-state index in [1.807, 2.05) is 36.4 Å². The summed E-state index contributed by atoms with van der Waals surface area (Å²) in [6.07, 6.45) is 5.36. The van der Waals surface area contributed by atoms with Crippen molar-refractivity contribution in [1.29, 1.82) is 0 Å². The summed E-state index contributed by atoms with van der Waals surface area (Å²) in [7, 11) is 0. The van der Waals surface area contributed by atoms with Crippen LogP contribution in [0, 0.1) is 24.7 Å². The SMILES string of the molecule is Cc1cccc(-c2cc(C(=O)N[C@H](C)[C@@H]3C[C@H]4CC[C@H]3C4)c3ccccc3n2)c1. The number of hydrogen-bond donors (Lipinski definition) is 1. The number of aryl methyl sites for hydroxylation is 1. The van der Waals surface area contributed by atoms with Gasteiger partial charge >= 0.3 is 0 Å². The molecule has 4 atom stereocenters. The average Bonchev–Trinajstić information content (AvgIpc) is 3.36. The van der Waals surface area contributed by atoms with Gasteiger partial charge < -0.3 is 5.32 Å². The summed E-state index contributed by atoms with van der Waals surface area (Å²) >= 11 is 0. The van der Waals surface area contributed by atoms with Crippen molar-refractivity contribution < 1.29 is 4.79 Å². The van der Waals surface area contributed by atoms with Crippen LogP contribution in [0.3, 0.4) is 0 Å². The molecule has 3 nitrogen and oxygen atoms in total. The Morgan fingerprint density at radius 3 is 2.69 bits per heavy atom. The van der Waals surface area contributed by atoms with Crippen LogP contribution in [0.25, 0.3) is 22.2 Å². The van der Waals surface area contributed by atoms with E-state index in [1.165, 1.54) is 31.2 Å². The maximum Gasteiger partial charge on any atom is 0.252 e. The Bertz CT molecular complexity index is 1070. The second kappa shape index (κ2) is 7.29. The van der Waals surface area contributed by atoms with Crippen LogP contribution in [0.2, 0.25) is 0 Å². The molecule has 0 saturated heterocycles. The average molecular weight is 385 g/mol. The number of carbonyl (C=O) groups is 1. The molecular formula is C26H28N2O. The molecule has 148 valence electrons. The molecule has 29 heavy (non-hydrogen) atoms. The zero-order chi connectivity index (χ0) is 20.0. The molecule has 2 aromatic carbocycles. The zero-order valence-corrected chi connectivity index (χ0v) is 17.2. The van der Waals surface area contributed by atoms with Crippen LogP contribution in [0.15, 0.2) is 54.6 Å². The minimum atomic E-state index is 0.0211. The van der Waals surface area contributed by atoms with Crippen molar-refractivity contribution in [1.82, 2.24) is 10.3 Å². The minimum absolute atomic E-state index is 0.0211. The van der Waals surface area contributed by atoms with Crippen LogP contribution in [0.1, 0.15) is 48.5 Å². The Labute approximate surface area is 172 Å². The Morgan fingerprint density at radius 2 is 1.93 bits per heavy atom. The van der Waals surface area contributed by atoms with Gasteiger partial charge in [-0.25, -0.2) is 4.98 Å². The van der Waals surface area contributed by atoms with E-state index in [0.717, 1.165) is 39.6 Å². The molecule has 2 fully saturated rings. The van der Waals surface area contributed by atoms with E-state index < -0.39 is 0 Å². The van der Waals surface area contributed by atoms with E-state index in [4.69, 9.17) is 4.98 Å². The van der Waals surface area contributed by atoms with Crippen molar-refractivity contribution in [3.63, 3.8) is 0 Å². The summed E-state index contributed by atoms with van der Waals surface area (Å²) in [6, 6.07) is 18.4. The number of benzene rings is 2. The molecule has 1 heterocycles. The molecule has 3 aromatic rings. The van der Waals surface area contributed by atoms with Crippen molar-refractivity contribution >= 4 is 16.8 Å². The van der Waals surface area contributed by atoms with Gasteiger partial charge in [-0.15, -0.1) is 0 Å². The molecule has 2 aliphatic rings. The highest BCUT2D eigenvalue weighted by atomic mass is 16.1. The summed E-state index contributed by atoms with van der Waals surface area (Å²) in [5.74, 6) is 2.33. The summed E-state index contributed by atoms with van der Waals surface area (Å²) < 4.78 is 0. The topological polar surface area (TPSA) is 42.0 Å². The lowest BCUT2D eigenvalue weighted by atomic mass is 9.84. The highest BCUT2D eigenvalue weighted by molar-refractivity contribution is 6.07. The van der Waals surface area contributed by atoms with Gasteiger partial charge in [0.2, 0.25) is 0 Å². The number of fused-ring (bicyclic) bond motifs is 3. The van der Waals surface area contributed by atoms with Gasteiger partial charge in [0.1, 0.15) is 0 Å². The smallest absolute Gasteiger partial charge is 0.252 e. The summed E-state index contributed by atoms with van der Waals surface area (Å²) in [6.45, 7) is 4.27. The van der Waals surface area contributed by atoms with Gasteiger partial charge in [0.15, 0.2) is 0 Å². The number of amides is 1. The monoisotopic (exact) mass is 384 g/mol. The number of nitrogens with zero attached hydrogens (tertiary/aromatic N) is 1. The molecule has 2 aliphatic carbocycles. The third-order valence-electron chi connectivity index (χ3n) is 7.07. The lowest BCUT2D eigenvalue weighted by molar-refractivity contribution is 0.0917. The van der Waals surface area contributed by atoms with Crippen LogP contribution in [-0.2, 0) is 0 Å². The molecule has 2 bridgehead atoms. The normalized spacial score (nSPS) is 24.0. The van der Waals surface area contributed by atoms with E-state index in [9.17, 15) is 4.79 Å². The maximum absolute atomic E-state index is 13.3. The number of carbonyl (C=O) groups excluding carboxylic acids is 1. The van der Waals surface area contributed by atoms with Crippen molar-refractivity contribution in [3.05, 3.63) is 65.7 Å². The predicted octanol–water partition coefficient (Wildman–Crippen LogP) is 5.76. The fourth-order valence-corrected chi connectivity index (χ4v) is 5.61. The summed E-state index contributed by atoms with van der Waals surface area (Å²) in [5, 5.41) is 4.26. The van der Waals surface area contributed by atoms with E-state index in [0.29, 0.717) is 5.92 Å². The van der Waals surface area contributed by atoms with Gasteiger partial charge in [0, 0.05) is 17.0 Å². The standard InChI is InChI=1S/C26H28N2O/c1-16-6-5-7-20(12-16)25-15-23(21-8-3-4-9-24(21)28-25)26(29)27-17(2)22-14-18-10-11-19(22)13-18/h3-9,12,15,17-19,22H,10-11,13-14H2,1-2H3,(H,27,29)/t17-,18+,19+,22+/m1/s1. The molecule has 0 spiro atoms. The first-order chi connectivity index (χ1) is 14.1. The number of rotatable bonds is 4. The molecule has 5 rings (SSSR count).